The van der Waals surface area contributed by atoms with Gasteiger partial charge in [-0.25, -0.2) is 0 Å². The van der Waals surface area contributed by atoms with Gasteiger partial charge in [-0.3, -0.25) is 9.59 Å². The van der Waals surface area contributed by atoms with Crippen molar-refractivity contribution in [3.63, 3.8) is 0 Å². The number of allylic oxidation sites excluding steroid dienone is 2. The standard InChI is InChI=1S/C24H38O7/c1-23(2,3)20-15-28-13-17-11-19(25)12-18(22(17)26)14-29-16-21(24(4,5)6)31-10-8-27-7-9-30-20/h11-12,20-21H,7-10,13-16H2,1-6H3/t20-,21-/m0/s1. The zero-order valence-electron chi connectivity index (χ0n) is 19.8. The summed E-state index contributed by atoms with van der Waals surface area (Å²) < 4.78 is 29.2. The molecule has 0 aromatic heterocycles. The Morgan fingerprint density at radius 3 is 1.48 bits per heavy atom. The van der Waals surface area contributed by atoms with E-state index in [1.165, 1.54) is 12.2 Å². The van der Waals surface area contributed by atoms with Crippen molar-refractivity contribution in [1.82, 2.24) is 0 Å². The van der Waals surface area contributed by atoms with Crippen molar-refractivity contribution >= 4 is 11.6 Å². The molecule has 2 rings (SSSR count). The molecule has 0 aromatic carbocycles. The zero-order chi connectivity index (χ0) is 23.1. The number of hydrogen-bond acceptors (Lipinski definition) is 7. The van der Waals surface area contributed by atoms with Crippen LogP contribution in [0.1, 0.15) is 41.5 Å². The molecule has 2 atom stereocenters. The molecule has 0 amide bonds. The van der Waals surface area contributed by atoms with Crippen molar-refractivity contribution < 1.29 is 33.3 Å². The highest BCUT2D eigenvalue weighted by atomic mass is 16.6. The fourth-order valence-corrected chi connectivity index (χ4v) is 3.19. The van der Waals surface area contributed by atoms with Gasteiger partial charge in [-0.05, 0) is 23.0 Å². The van der Waals surface area contributed by atoms with Gasteiger partial charge in [0, 0.05) is 11.1 Å². The monoisotopic (exact) mass is 438 g/mol. The number of Topliss-reactive ketones (excluding diaryl/α,β-unsaturated/α-hetero) is 1. The number of carbonyl (C=O) groups is 2. The summed E-state index contributed by atoms with van der Waals surface area (Å²) in [6, 6.07) is 0. The van der Waals surface area contributed by atoms with E-state index in [4.69, 9.17) is 23.7 Å². The molecule has 0 N–H and O–H groups in total. The Bertz CT molecular complexity index is 625. The molecule has 176 valence electrons. The van der Waals surface area contributed by atoms with Crippen LogP contribution in [0.2, 0.25) is 0 Å². The number of fused-ring (bicyclic) bond motifs is 2. The first kappa shape index (κ1) is 25.9. The van der Waals surface area contributed by atoms with Crippen molar-refractivity contribution in [3.05, 3.63) is 23.3 Å². The van der Waals surface area contributed by atoms with E-state index in [0.717, 1.165) is 0 Å². The number of ketones is 2. The second-order valence-electron chi connectivity index (χ2n) is 10.2. The van der Waals surface area contributed by atoms with E-state index >= 15 is 0 Å². The van der Waals surface area contributed by atoms with Crippen molar-refractivity contribution in [1.29, 1.82) is 0 Å². The zero-order valence-corrected chi connectivity index (χ0v) is 19.8. The quantitative estimate of drug-likeness (QED) is 0.538. The third kappa shape index (κ3) is 8.58. The molecule has 1 heterocycles. The topological polar surface area (TPSA) is 80.3 Å². The van der Waals surface area contributed by atoms with Gasteiger partial charge in [-0.1, -0.05) is 41.5 Å². The van der Waals surface area contributed by atoms with Crippen LogP contribution in [0.15, 0.2) is 23.3 Å². The Hall–Kier alpha value is -1.38. The maximum atomic E-state index is 12.8. The number of ether oxygens (including phenoxy) is 5. The van der Waals surface area contributed by atoms with Gasteiger partial charge in [0.05, 0.1) is 65.1 Å². The first-order chi connectivity index (χ1) is 14.5. The van der Waals surface area contributed by atoms with E-state index in [1.54, 1.807) is 0 Å². The molecule has 0 unspecified atom stereocenters. The number of hydrogen-bond donors (Lipinski definition) is 0. The maximum absolute atomic E-state index is 12.8. The lowest BCUT2D eigenvalue weighted by Gasteiger charge is -2.31. The average molecular weight is 439 g/mol. The molecule has 1 saturated heterocycles. The SMILES string of the molecule is CC(C)(C)[C@@H]1COCC2=CC(=O)C=C(COC[C@@H](C(C)(C)C)OCCOCCO1)C2=O. The summed E-state index contributed by atoms with van der Waals surface area (Å²) in [6.07, 6.45) is 2.33. The number of carbonyl (C=O) groups excluding carboxylic acids is 2. The summed E-state index contributed by atoms with van der Waals surface area (Å²) in [5.74, 6) is -0.439. The summed E-state index contributed by atoms with van der Waals surface area (Å²) in [6.45, 7) is 14.9. The highest BCUT2D eigenvalue weighted by molar-refractivity contribution is 6.20. The minimum atomic E-state index is -0.226. The van der Waals surface area contributed by atoms with Crippen LogP contribution in [0.4, 0.5) is 0 Å². The fourth-order valence-electron chi connectivity index (χ4n) is 3.19. The molecule has 2 aliphatic rings. The summed E-state index contributed by atoms with van der Waals surface area (Å²) in [5, 5.41) is 0. The van der Waals surface area contributed by atoms with Crippen LogP contribution in [-0.4, -0.2) is 76.6 Å². The Labute approximate surface area is 186 Å². The van der Waals surface area contributed by atoms with Gasteiger partial charge in [0.15, 0.2) is 11.6 Å². The second kappa shape index (κ2) is 11.5. The Balaban J connectivity index is 2.11. The molecule has 1 aliphatic carbocycles. The largest absolute Gasteiger partial charge is 0.377 e. The Morgan fingerprint density at radius 2 is 1.10 bits per heavy atom. The van der Waals surface area contributed by atoms with E-state index in [0.29, 0.717) is 50.8 Å². The van der Waals surface area contributed by atoms with Gasteiger partial charge in [0.1, 0.15) is 0 Å². The minimum Gasteiger partial charge on any atom is -0.377 e. The van der Waals surface area contributed by atoms with Crippen LogP contribution in [0.3, 0.4) is 0 Å². The van der Waals surface area contributed by atoms with Gasteiger partial charge in [-0.2, -0.15) is 0 Å². The highest BCUT2D eigenvalue weighted by Gasteiger charge is 2.29. The van der Waals surface area contributed by atoms with Gasteiger partial charge >= 0.3 is 0 Å². The molecule has 0 saturated carbocycles. The smallest absolute Gasteiger partial charge is 0.189 e. The average Bonchev–Trinajstić information content (AvgIpc) is 2.64. The van der Waals surface area contributed by atoms with E-state index in [2.05, 4.69) is 41.5 Å². The van der Waals surface area contributed by atoms with Crippen LogP contribution in [-0.2, 0) is 33.3 Å². The second-order valence-corrected chi connectivity index (χ2v) is 10.2. The molecule has 0 radical (unpaired) electrons. The van der Waals surface area contributed by atoms with Gasteiger partial charge in [0.25, 0.3) is 0 Å². The predicted octanol–water partition coefficient (Wildman–Crippen LogP) is 2.92. The van der Waals surface area contributed by atoms with E-state index in [1.807, 2.05) is 0 Å². The number of rotatable bonds is 0. The molecule has 1 aliphatic heterocycles. The lowest BCUT2D eigenvalue weighted by atomic mass is 9.89. The van der Waals surface area contributed by atoms with Crippen molar-refractivity contribution in [2.75, 3.05) is 52.9 Å². The first-order valence-corrected chi connectivity index (χ1v) is 10.9. The Morgan fingerprint density at radius 1 is 0.677 bits per heavy atom. The first-order valence-electron chi connectivity index (χ1n) is 10.9. The highest BCUT2D eigenvalue weighted by Crippen LogP contribution is 2.25. The van der Waals surface area contributed by atoms with Crippen LogP contribution >= 0.6 is 0 Å². The third-order valence-corrected chi connectivity index (χ3v) is 5.30. The van der Waals surface area contributed by atoms with Crippen LogP contribution < -0.4 is 0 Å². The molecule has 7 nitrogen and oxygen atoms in total. The lowest BCUT2D eigenvalue weighted by Crippen LogP contribution is -2.36. The fraction of sp³-hybridized carbons (Fsp3) is 0.750. The molecule has 0 aromatic rings. The van der Waals surface area contributed by atoms with E-state index < -0.39 is 0 Å². The summed E-state index contributed by atoms with van der Waals surface area (Å²) in [7, 11) is 0. The van der Waals surface area contributed by atoms with Gasteiger partial charge in [0.2, 0.25) is 0 Å². The minimum absolute atomic E-state index is 0.0576. The van der Waals surface area contributed by atoms with Crippen LogP contribution in [0.5, 0.6) is 0 Å². The molecular formula is C24H38O7. The Kier molecular flexibility index (Phi) is 9.58. The van der Waals surface area contributed by atoms with Crippen molar-refractivity contribution in [2.24, 2.45) is 10.8 Å². The van der Waals surface area contributed by atoms with Crippen molar-refractivity contribution in [2.45, 2.75) is 53.8 Å². The molecule has 31 heavy (non-hydrogen) atoms. The van der Waals surface area contributed by atoms with Crippen LogP contribution in [0.25, 0.3) is 0 Å². The molecule has 7 heteroatoms. The van der Waals surface area contributed by atoms with E-state index in [9.17, 15) is 9.59 Å². The van der Waals surface area contributed by atoms with Crippen molar-refractivity contribution in [3.8, 4) is 0 Å². The van der Waals surface area contributed by atoms with Crippen LogP contribution in [0, 0.1) is 10.8 Å². The summed E-state index contributed by atoms with van der Waals surface area (Å²) >= 11 is 0. The molecule has 0 spiro atoms. The molecule has 1 fully saturated rings. The van der Waals surface area contributed by atoms with E-state index in [-0.39, 0.29) is 47.8 Å². The summed E-state index contributed by atoms with van der Waals surface area (Å²) in [4.78, 5) is 24.9. The normalized spacial score (nSPS) is 26.5. The maximum Gasteiger partial charge on any atom is 0.189 e. The lowest BCUT2D eigenvalue weighted by molar-refractivity contribution is -0.118. The van der Waals surface area contributed by atoms with Gasteiger partial charge in [-0.15, -0.1) is 0 Å². The predicted molar refractivity (Wildman–Crippen MR) is 117 cm³/mol. The molecular weight excluding hydrogens is 400 g/mol. The van der Waals surface area contributed by atoms with Gasteiger partial charge < -0.3 is 23.7 Å². The third-order valence-electron chi connectivity index (χ3n) is 5.30. The summed E-state index contributed by atoms with van der Waals surface area (Å²) in [5.41, 5.74) is 0.381. The molecule has 2 bridgehead atoms.